The number of amides is 2. The second kappa shape index (κ2) is 6.93. The molecule has 0 bridgehead atoms. The summed E-state index contributed by atoms with van der Waals surface area (Å²) in [6.45, 7) is 1.24. The van der Waals surface area contributed by atoms with Crippen molar-refractivity contribution in [3.8, 4) is 0 Å². The molecule has 1 atom stereocenters. The summed E-state index contributed by atoms with van der Waals surface area (Å²) in [4.78, 5) is 33.4. The fraction of sp³-hybridized carbons (Fsp3) is 0.364. The highest BCUT2D eigenvalue weighted by molar-refractivity contribution is 9.10. The van der Waals surface area contributed by atoms with E-state index in [9.17, 15) is 14.4 Å². The Balaban J connectivity index is 2.30. The van der Waals surface area contributed by atoms with E-state index < -0.39 is 23.7 Å². The maximum Gasteiger partial charge on any atom is 0.308 e. The Labute approximate surface area is 117 Å². The molecule has 0 aliphatic carbocycles. The molecule has 19 heavy (non-hydrogen) atoms. The number of furan rings is 1. The maximum atomic E-state index is 11.5. The molecule has 1 aromatic heterocycles. The van der Waals surface area contributed by atoms with E-state index in [0.717, 1.165) is 0 Å². The Morgan fingerprint density at radius 3 is 2.58 bits per heavy atom. The number of hydrogen-bond donors (Lipinski definition) is 3. The number of aliphatic carboxylic acids is 1. The zero-order valence-electron chi connectivity index (χ0n) is 10.1. The minimum absolute atomic E-state index is 0.0103. The molecule has 0 aromatic carbocycles. The van der Waals surface area contributed by atoms with Crippen molar-refractivity contribution in [3.05, 3.63) is 22.6 Å². The summed E-state index contributed by atoms with van der Waals surface area (Å²) in [5.74, 6) is -2.58. The van der Waals surface area contributed by atoms with Gasteiger partial charge in [-0.1, -0.05) is 6.92 Å². The van der Waals surface area contributed by atoms with Crippen molar-refractivity contribution < 1.29 is 23.9 Å². The van der Waals surface area contributed by atoms with Gasteiger partial charge in [-0.15, -0.1) is 0 Å². The van der Waals surface area contributed by atoms with Crippen LogP contribution in [0.1, 0.15) is 17.5 Å². The highest BCUT2D eigenvalue weighted by Gasteiger charge is 2.14. The smallest absolute Gasteiger partial charge is 0.308 e. The standard InChI is InChI=1S/C11H13BrN2O5/c1-6(11(17)18)4-13-9(15)5-14-10(16)7-2-3-8(12)19-7/h2-3,6H,4-5H2,1H3,(H,13,15)(H,14,16)(H,17,18). The predicted molar refractivity (Wildman–Crippen MR) is 68.6 cm³/mol. The lowest BCUT2D eigenvalue weighted by molar-refractivity contribution is -0.141. The number of carboxylic acid groups (broad SMARTS) is 1. The average Bonchev–Trinajstić information content (AvgIpc) is 2.79. The lowest BCUT2D eigenvalue weighted by Gasteiger charge is -2.08. The van der Waals surface area contributed by atoms with E-state index in [2.05, 4.69) is 26.6 Å². The first-order chi connectivity index (χ1) is 8.90. The van der Waals surface area contributed by atoms with Gasteiger partial charge in [0.25, 0.3) is 5.91 Å². The molecule has 1 aromatic rings. The van der Waals surface area contributed by atoms with Crippen molar-refractivity contribution in [1.82, 2.24) is 10.6 Å². The summed E-state index contributed by atoms with van der Waals surface area (Å²) in [7, 11) is 0. The van der Waals surface area contributed by atoms with Gasteiger partial charge in [-0.05, 0) is 28.1 Å². The van der Waals surface area contributed by atoms with Crippen LogP contribution in [0.15, 0.2) is 21.2 Å². The third-order valence-electron chi connectivity index (χ3n) is 2.23. The number of nitrogens with one attached hydrogen (secondary N) is 2. The summed E-state index contributed by atoms with van der Waals surface area (Å²) in [5, 5.41) is 13.4. The van der Waals surface area contributed by atoms with Crippen molar-refractivity contribution in [2.24, 2.45) is 5.92 Å². The van der Waals surface area contributed by atoms with Crippen LogP contribution in [-0.4, -0.2) is 36.0 Å². The molecule has 3 N–H and O–H groups in total. The van der Waals surface area contributed by atoms with E-state index in [1.807, 2.05) is 0 Å². The molecule has 104 valence electrons. The number of carboxylic acids is 1. The fourth-order valence-electron chi connectivity index (χ4n) is 1.10. The van der Waals surface area contributed by atoms with Crippen LogP contribution in [0.4, 0.5) is 0 Å². The van der Waals surface area contributed by atoms with Gasteiger partial charge >= 0.3 is 5.97 Å². The second-order valence-corrected chi connectivity index (χ2v) is 4.61. The Hall–Kier alpha value is -1.83. The monoisotopic (exact) mass is 332 g/mol. The summed E-state index contributed by atoms with van der Waals surface area (Å²) in [6.07, 6.45) is 0. The van der Waals surface area contributed by atoms with Gasteiger partial charge in [0.05, 0.1) is 12.5 Å². The molecule has 1 rings (SSSR count). The number of carbonyl (C=O) groups is 3. The molecule has 0 radical (unpaired) electrons. The topological polar surface area (TPSA) is 109 Å². The summed E-state index contributed by atoms with van der Waals surface area (Å²) >= 11 is 3.05. The van der Waals surface area contributed by atoms with Gasteiger partial charge in [0.1, 0.15) is 0 Å². The van der Waals surface area contributed by atoms with Crippen LogP contribution < -0.4 is 10.6 Å². The molecule has 7 nitrogen and oxygen atoms in total. The lowest BCUT2D eigenvalue weighted by Crippen LogP contribution is -2.39. The van der Waals surface area contributed by atoms with Crippen LogP contribution >= 0.6 is 15.9 Å². The number of halogens is 1. The van der Waals surface area contributed by atoms with E-state index in [1.165, 1.54) is 13.0 Å². The van der Waals surface area contributed by atoms with Crippen molar-refractivity contribution >= 4 is 33.7 Å². The molecule has 2 amide bonds. The van der Waals surface area contributed by atoms with E-state index in [1.54, 1.807) is 6.07 Å². The Morgan fingerprint density at radius 1 is 1.37 bits per heavy atom. The third kappa shape index (κ3) is 5.12. The summed E-state index contributed by atoms with van der Waals surface area (Å²) in [6, 6.07) is 3.02. The summed E-state index contributed by atoms with van der Waals surface area (Å²) < 4.78 is 5.42. The van der Waals surface area contributed by atoms with Gasteiger partial charge in [0, 0.05) is 6.54 Å². The van der Waals surface area contributed by atoms with Crippen LogP contribution in [0.25, 0.3) is 0 Å². The van der Waals surface area contributed by atoms with Crippen LogP contribution in [0.3, 0.4) is 0 Å². The van der Waals surface area contributed by atoms with Crippen LogP contribution in [0.2, 0.25) is 0 Å². The minimum Gasteiger partial charge on any atom is -0.481 e. The molecule has 0 spiro atoms. The van der Waals surface area contributed by atoms with E-state index in [4.69, 9.17) is 9.52 Å². The number of carbonyl (C=O) groups excluding carboxylic acids is 2. The maximum absolute atomic E-state index is 11.5. The molecule has 1 heterocycles. The molecule has 0 saturated carbocycles. The van der Waals surface area contributed by atoms with Gasteiger partial charge in [-0.2, -0.15) is 0 Å². The molecule has 0 fully saturated rings. The van der Waals surface area contributed by atoms with Crippen molar-refractivity contribution in [1.29, 1.82) is 0 Å². The number of rotatable bonds is 6. The second-order valence-electron chi connectivity index (χ2n) is 3.83. The van der Waals surface area contributed by atoms with Gasteiger partial charge in [0.2, 0.25) is 5.91 Å². The molecule has 1 unspecified atom stereocenters. The van der Waals surface area contributed by atoms with E-state index in [-0.39, 0.29) is 18.8 Å². The molecule has 8 heteroatoms. The molecular formula is C11H13BrN2O5. The van der Waals surface area contributed by atoms with Gasteiger partial charge in [-0.25, -0.2) is 0 Å². The van der Waals surface area contributed by atoms with Crippen molar-refractivity contribution in [2.75, 3.05) is 13.1 Å². The molecule has 0 aliphatic rings. The number of hydrogen-bond acceptors (Lipinski definition) is 4. The Bertz CT molecular complexity index is 485. The Kier molecular flexibility index (Phi) is 5.56. The first-order valence-corrected chi connectivity index (χ1v) is 6.22. The van der Waals surface area contributed by atoms with Gasteiger partial charge in [0.15, 0.2) is 10.4 Å². The van der Waals surface area contributed by atoms with Gasteiger partial charge in [-0.3, -0.25) is 14.4 Å². The predicted octanol–water partition coefficient (Wildman–Crippen LogP) is 0.609. The highest BCUT2D eigenvalue weighted by atomic mass is 79.9. The van der Waals surface area contributed by atoms with E-state index >= 15 is 0 Å². The average molecular weight is 333 g/mol. The van der Waals surface area contributed by atoms with Crippen LogP contribution in [0.5, 0.6) is 0 Å². The lowest BCUT2D eigenvalue weighted by atomic mass is 10.2. The van der Waals surface area contributed by atoms with E-state index in [0.29, 0.717) is 4.67 Å². The SMILES string of the molecule is CC(CNC(=O)CNC(=O)c1ccc(Br)o1)C(=O)O. The quantitative estimate of drug-likeness (QED) is 0.707. The fourth-order valence-corrected chi connectivity index (χ4v) is 1.41. The zero-order valence-corrected chi connectivity index (χ0v) is 11.7. The summed E-state index contributed by atoms with van der Waals surface area (Å²) in [5.41, 5.74) is 0. The zero-order chi connectivity index (χ0) is 14.4. The first kappa shape index (κ1) is 15.2. The molecular weight excluding hydrogens is 320 g/mol. The third-order valence-corrected chi connectivity index (χ3v) is 2.66. The normalized spacial score (nSPS) is 11.7. The van der Waals surface area contributed by atoms with Crippen molar-refractivity contribution in [3.63, 3.8) is 0 Å². The highest BCUT2D eigenvalue weighted by Crippen LogP contribution is 2.13. The minimum atomic E-state index is -0.996. The van der Waals surface area contributed by atoms with Crippen molar-refractivity contribution in [2.45, 2.75) is 6.92 Å². The largest absolute Gasteiger partial charge is 0.481 e. The molecule has 0 saturated heterocycles. The van der Waals surface area contributed by atoms with Crippen LogP contribution in [-0.2, 0) is 9.59 Å². The van der Waals surface area contributed by atoms with Crippen LogP contribution in [0, 0.1) is 5.92 Å². The molecule has 0 aliphatic heterocycles. The first-order valence-electron chi connectivity index (χ1n) is 5.43. The Morgan fingerprint density at radius 2 is 2.05 bits per heavy atom. The van der Waals surface area contributed by atoms with Gasteiger partial charge < -0.3 is 20.2 Å².